The minimum Gasteiger partial charge on any atom is -0.373 e. The summed E-state index contributed by atoms with van der Waals surface area (Å²) in [5, 5.41) is 0. The first kappa shape index (κ1) is 10.0. The maximum atomic E-state index is 12.5. The Morgan fingerprint density at radius 1 is 1.57 bits per heavy atom. The molecule has 72 valence electrons. The molecule has 14 heavy (non-hydrogen) atoms. The topological polar surface area (TPSA) is 66.5 Å². The Morgan fingerprint density at radius 2 is 2.21 bits per heavy atom. The highest BCUT2D eigenvalue weighted by molar-refractivity contribution is 7.96. The number of imidazole rings is 1. The summed E-state index contributed by atoms with van der Waals surface area (Å²) in [6.45, 7) is 13.3. The van der Waals surface area contributed by atoms with E-state index in [1.54, 1.807) is 0 Å². The summed E-state index contributed by atoms with van der Waals surface area (Å²) in [6.07, 6.45) is 0. The minimum absolute atomic E-state index is 0.133. The second-order valence-corrected chi connectivity index (χ2v) is 3.57. The number of aromatic nitrogens is 2. The first-order valence-corrected chi connectivity index (χ1v) is 4.78. The molecule has 0 fully saturated rings. The summed E-state index contributed by atoms with van der Waals surface area (Å²) in [5.74, 6) is 2.11. The Balaban J connectivity index is 3.11. The molecule has 0 aliphatic rings. The molecule has 1 aromatic rings. The van der Waals surface area contributed by atoms with Crippen LogP contribution >= 0.6 is 0 Å². The van der Waals surface area contributed by atoms with Crippen LogP contribution in [0, 0.1) is 13.1 Å². The molecule has 0 amide bonds. The molecule has 1 heterocycles. The van der Waals surface area contributed by atoms with Crippen molar-refractivity contribution in [1.82, 2.24) is 9.97 Å². The lowest BCUT2D eigenvalue weighted by Gasteiger charge is -1.92. The van der Waals surface area contributed by atoms with E-state index in [2.05, 4.69) is 25.5 Å². The van der Waals surface area contributed by atoms with Crippen LogP contribution in [0.1, 0.15) is 0 Å². The Labute approximate surface area is 79.9 Å². The van der Waals surface area contributed by atoms with E-state index in [0.717, 1.165) is 0 Å². The van der Waals surface area contributed by atoms with Crippen LogP contribution in [0.3, 0.4) is 0 Å². The predicted octanol–water partition coefficient (Wildman–Crippen LogP) is 1.44. The molecule has 0 radical (unpaired) electrons. The zero-order valence-corrected chi connectivity index (χ0v) is 7.56. The highest BCUT2D eigenvalue weighted by atomic mass is 32.3. The van der Waals surface area contributed by atoms with Crippen molar-refractivity contribution in [1.29, 1.82) is 0 Å². The molecule has 2 N–H and O–H groups in total. The third kappa shape index (κ3) is 2.21. The highest BCUT2D eigenvalue weighted by Gasteiger charge is 2.15. The number of nitrogens with zero attached hydrogens (tertiary/aromatic N) is 3. The van der Waals surface area contributed by atoms with Crippen LogP contribution in [-0.2, 0) is 10.1 Å². The molecule has 0 spiro atoms. The molecule has 0 saturated heterocycles. The van der Waals surface area contributed by atoms with E-state index >= 15 is 0 Å². The highest BCUT2D eigenvalue weighted by Crippen LogP contribution is 2.26. The normalized spacial score (nSPS) is 13.6. The monoisotopic (exact) mass is 213 g/mol. The van der Waals surface area contributed by atoms with E-state index in [4.69, 9.17) is 13.1 Å². The van der Waals surface area contributed by atoms with Gasteiger partial charge in [-0.15, -0.1) is 3.89 Å². The van der Waals surface area contributed by atoms with E-state index in [9.17, 15) is 8.09 Å². The van der Waals surface area contributed by atoms with Gasteiger partial charge in [-0.05, 0) is 0 Å². The summed E-state index contributed by atoms with van der Waals surface area (Å²) in [4.78, 5) is 11.6. The van der Waals surface area contributed by atoms with Crippen LogP contribution in [-0.4, -0.2) is 20.0 Å². The van der Waals surface area contributed by atoms with Gasteiger partial charge in [-0.25, -0.2) is 8.93 Å². The van der Waals surface area contributed by atoms with E-state index in [-0.39, 0.29) is 17.6 Å². The molecule has 0 aromatic carbocycles. The SMILES string of the molecule is [C-]#[N+]c1nc(NS(=C)(=O)F)[nH]c1[N+]#[C-]. The Hall–Kier alpha value is -2.06. The van der Waals surface area contributed by atoms with E-state index < -0.39 is 10.1 Å². The maximum absolute atomic E-state index is 12.5. The lowest BCUT2D eigenvalue weighted by molar-refractivity contribution is 0.650. The summed E-state index contributed by atoms with van der Waals surface area (Å²) in [7, 11) is -3.95. The van der Waals surface area contributed by atoms with Crippen molar-refractivity contribution in [2.75, 3.05) is 4.72 Å². The van der Waals surface area contributed by atoms with Crippen molar-refractivity contribution < 1.29 is 8.09 Å². The van der Waals surface area contributed by atoms with Crippen molar-refractivity contribution in [3.8, 4) is 0 Å². The third-order valence-electron chi connectivity index (χ3n) is 1.13. The van der Waals surface area contributed by atoms with Gasteiger partial charge >= 0.3 is 5.95 Å². The van der Waals surface area contributed by atoms with Gasteiger partial charge in [0.15, 0.2) is 0 Å². The second-order valence-electron chi connectivity index (χ2n) is 2.18. The molecular weight excluding hydrogens is 209 g/mol. The number of halogens is 1. The number of nitrogens with one attached hydrogen (secondary N) is 2. The van der Waals surface area contributed by atoms with Gasteiger partial charge in [0.2, 0.25) is 10.1 Å². The van der Waals surface area contributed by atoms with Crippen LogP contribution in [0.4, 0.5) is 21.5 Å². The minimum atomic E-state index is -3.95. The lowest BCUT2D eigenvalue weighted by atomic mass is 10.7. The molecule has 1 unspecified atom stereocenters. The van der Waals surface area contributed by atoms with Gasteiger partial charge in [-0.3, -0.25) is 4.98 Å². The zero-order valence-electron chi connectivity index (χ0n) is 6.74. The van der Waals surface area contributed by atoms with Crippen molar-refractivity contribution in [2.45, 2.75) is 0 Å². The largest absolute Gasteiger partial charge is 0.382 e. The Morgan fingerprint density at radius 3 is 2.57 bits per heavy atom. The molecule has 8 heteroatoms. The van der Waals surface area contributed by atoms with Gasteiger partial charge in [0.25, 0.3) is 11.6 Å². The van der Waals surface area contributed by atoms with Crippen LogP contribution in [0.15, 0.2) is 0 Å². The standard InChI is InChI=1S/C6H4FN5OS/c1-8-4-5(9-2)11-6(10-4)12-14(3,7)13/h3H2,(H2,10,11,12,13). The van der Waals surface area contributed by atoms with Crippen molar-refractivity contribution in [3.63, 3.8) is 0 Å². The summed E-state index contributed by atoms with van der Waals surface area (Å²) >= 11 is 0. The average Bonchev–Trinajstić information content (AvgIpc) is 2.43. The quantitative estimate of drug-likeness (QED) is 0.443. The summed E-state index contributed by atoms with van der Waals surface area (Å²) in [6, 6.07) is 0. The van der Waals surface area contributed by atoms with Gasteiger partial charge in [0.1, 0.15) is 0 Å². The molecule has 6 nitrogen and oxygen atoms in total. The number of H-pyrrole nitrogens is 1. The van der Waals surface area contributed by atoms with E-state index in [1.165, 1.54) is 0 Å². The third-order valence-corrected chi connectivity index (χ3v) is 1.63. The van der Waals surface area contributed by atoms with Crippen LogP contribution in [0.5, 0.6) is 0 Å². The van der Waals surface area contributed by atoms with Gasteiger partial charge in [-0.1, -0.05) is 18.1 Å². The number of hydrogen-bond acceptors (Lipinski definition) is 2. The Kier molecular flexibility index (Phi) is 2.40. The van der Waals surface area contributed by atoms with Crippen molar-refractivity contribution >= 4 is 33.5 Å². The van der Waals surface area contributed by atoms with Gasteiger partial charge in [0, 0.05) is 5.87 Å². The fourth-order valence-electron chi connectivity index (χ4n) is 0.703. The maximum Gasteiger partial charge on any atom is 0.382 e. The lowest BCUT2D eigenvalue weighted by Crippen LogP contribution is -2.06. The number of rotatable bonds is 2. The molecule has 1 rings (SSSR count). The van der Waals surface area contributed by atoms with Crippen LogP contribution in [0.2, 0.25) is 0 Å². The van der Waals surface area contributed by atoms with Crippen molar-refractivity contribution in [2.24, 2.45) is 0 Å². The molecule has 1 atom stereocenters. The molecule has 0 aliphatic heterocycles. The summed E-state index contributed by atoms with van der Waals surface area (Å²) < 4.78 is 24.9. The first-order chi connectivity index (χ1) is 6.46. The first-order valence-electron chi connectivity index (χ1n) is 3.16. The molecule has 0 saturated carbocycles. The molecule has 1 aromatic heterocycles. The molecular formula is C6H4FN5OS. The average molecular weight is 213 g/mol. The molecule has 0 aliphatic carbocycles. The number of anilines is 1. The number of hydrogen-bond donors (Lipinski definition) is 2. The zero-order chi connectivity index (χ0) is 10.8. The van der Waals surface area contributed by atoms with Crippen LogP contribution in [0.25, 0.3) is 9.69 Å². The predicted molar refractivity (Wildman–Crippen MR) is 51.1 cm³/mol. The smallest absolute Gasteiger partial charge is 0.373 e. The molecule has 0 bridgehead atoms. The van der Waals surface area contributed by atoms with E-state index in [0.29, 0.717) is 0 Å². The van der Waals surface area contributed by atoms with Gasteiger partial charge < -0.3 is 9.69 Å². The Bertz CT molecular complexity index is 500. The fourth-order valence-corrected chi connectivity index (χ4v) is 1.09. The number of aromatic amines is 1. The van der Waals surface area contributed by atoms with Crippen molar-refractivity contribution in [3.05, 3.63) is 22.8 Å². The van der Waals surface area contributed by atoms with Gasteiger partial charge in [-0.2, -0.15) is 0 Å². The fraction of sp³-hybridized carbons (Fsp3) is 0. The second kappa shape index (κ2) is 3.36. The van der Waals surface area contributed by atoms with E-state index in [1.807, 2.05) is 4.72 Å². The van der Waals surface area contributed by atoms with Gasteiger partial charge in [0.05, 0.1) is 0 Å². The summed E-state index contributed by atoms with van der Waals surface area (Å²) in [5.41, 5.74) is 0. The van der Waals surface area contributed by atoms with Crippen LogP contribution < -0.4 is 4.72 Å².